The van der Waals surface area contributed by atoms with Crippen molar-refractivity contribution < 1.29 is 0 Å². The monoisotopic (exact) mass is 1820 g/mol. The fourth-order valence-electron chi connectivity index (χ4n) is 23.2. The third-order valence-electron chi connectivity index (χ3n) is 28.9. The number of thiophene rings is 4. The molecule has 6 nitrogen and oxygen atoms in total. The van der Waals surface area contributed by atoms with E-state index < -0.39 is 0 Å². The molecule has 642 valence electrons. The highest BCUT2D eigenvalue weighted by molar-refractivity contribution is 7.28. The maximum Gasteiger partial charge on any atom is 0.252 e. The van der Waals surface area contributed by atoms with Crippen LogP contribution in [0.5, 0.6) is 0 Å². The Morgan fingerprint density at radius 1 is 0.174 bits per heavy atom. The first kappa shape index (κ1) is 78.9. The molecule has 29 rings (SSSR count). The molecule has 0 fully saturated rings. The van der Waals surface area contributed by atoms with E-state index >= 15 is 0 Å². The van der Waals surface area contributed by atoms with E-state index in [4.69, 9.17) is 0 Å². The van der Waals surface area contributed by atoms with E-state index in [-0.39, 0.29) is 13.4 Å². The number of rotatable bonds is 14. The van der Waals surface area contributed by atoms with Crippen molar-refractivity contribution in [3.63, 3.8) is 0 Å². The van der Waals surface area contributed by atoms with Crippen molar-refractivity contribution in [3.8, 4) is 44.5 Å². The Kier molecular flexibility index (Phi) is 18.0. The van der Waals surface area contributed by atoms with Crippen molar-refractivity contribution in [2.24, 2.45) is 0 Å². The highest BCUT2D eigenvalue weighted by Crippen LogP contribution is 2.60. The Bertz CT molecular complexity index is 8660. The lowest BCUT2D eigenvalue weighted by Crippen LogP contribution is -2.65. The second kappa shape index (κ2) is 31.5. The molecule has 0 saturated heterocycles. The predicted molar refractivity (Wildman–Crippen MR) is 597 cm³/mol. The van der Waals surface area contributed by atoms with Gasteiger partial charge < -0.3 is 29.4 Å². The van der Waals surface area contributed by atoms with E-state index in [1.807, 2.05) is 45.3 Å². The van der Waals surface area contributed by atoms with E-state index in [2.05, 4.69) is 503 Å². The van der Waals surface area contributed by atoms with Crippen LogP contribution < -0.4 is 62.2 Å². The van der Waals surface area contributed by atoms with Crippen molar-refractivity contribution >= 4 is 275 Å². The first-order valence-electron chi connectivity index (χ1n) is 47.2. The number of hydrogen-bond donors (Lipinski definition) is 0. The van der Waals surface area contributed by atoms with Crippen molar-refractivity contribution in [1.29, 1.82) is 0 Å². The molecular formula is C126H78B2N6S4. The SMILES string of the molecule is c1ccc(-c2cccc(-c3ccccc3)c2N2c3ccccc3B3c4cc5c(cc4N(c4cccc6c4sc4ccccc46)c4cc(N(c6ccccc6)c6cccc7c6sc6ccccc67)cc2c43)N(c2cccc3c2sc2ccccc23)c2cc(N(c3ccccc3)c3cccc4c3sc3ccccc34)cc3c2B5c2ccccc2N3c2c(-c3ccccc3)cccc2-c2ccccc2)cc1. The summed E-state index contributed by atoms with van der Waals surface area (Å²) < 4.78 is 9.81. The Balaban J connectivity index is 0.790. The summed E-state index contributed by atoms with van der Waals surface area (Å²) in [6.07, 6.45) is 0. The normalized spacial score (nSPS) is 12.8. The highest BCUT2D eigenvalue weighted by Gasteiger charge is 2.51. The molecule has 0 saturated carbocycles. The molecule has 4 aliphatic rings. The number of para-hydroxylation sites is 6. The van der Waals surface area contributed by atoms with Gasteiger partial charge in [0, 0.05) is 141 Å². The Hall–Kier alpha value is -16.6. The van der Waals surface area contributed by atoms with Gasteiger partial charge in [0.05, 0.1) is 64.3 Å². The van der Waals surface area contributed by atoms with Gasteiger partial charge in [-0.2, -0.15) is 0 Å². The number of anilines is 18. The summed E-state index contributed by atoms with van der Waals surface area (Å²) in [5.41, 5.74) is 35.8. The van der Waals surface area contributed by atoms with E-state index in [0.29, 0.717) is 0 Å². The van der Waals surface area contributed by atoms with Crippen molar-refractivity contribution in [2.45, 2.75) is 0 Å². The van der Waals surface area contributed by atoms with Gasteiger partial charge in [0.1, 0.15) is 0 Å². The Morgan fingerprint density at radius 3 is 0.797 bits per heavy atom. The van der Waals surface area contributed by atoms with Gasteiger partial charge in [0.25, 0.3) is 13.4 Å². The third kappa shape index (κ3) is 12.0. The summed E-state index contributed by atoms with van der Waals surface area (Å²) in [6, 6.07) is 180. The second-order valence-corrected chi connectivity index (χ2v) is 40.5. The molecule has 4 aliphatic heterocycles. The largest absolute Gasteiger partial charge is 0.310 e. The van der Waals surface area contributed by atoms with Gasteiger partial charge in [-0.25, -0.2) is 0 Å². The van der Waals surface area contributed by atoms with Crippen molar-refractivity contribution in [2.75, 3.05) is 29.4 Å². The highest BCUT2D eigenvalue weighted by atomic mass is 32.1. The van der Waals surface area contributed by atoms with Gasteiger partial charge in [0.2, 0.25) is 0 Å². The summed E-state index contributed by atoms with van der Waals surface area (Å²) in [7, 11) is 0. The summed E-state index contributed by atoms with van der Waals surface area (Å²) in [5.74, 6) is 0. The van der Waals surface area contributed by atoms with E-state index in [1.54, 1.807) is 0 Å². The average molecular weight is 1830 g/mol. The Labute approximate surface area is 815 Å². The molecular weight excluding hydrogens is 1750 g/mol. The van der Waals surface area contributed by atoms with E-state index in [1.165, 1.54) is 113 Å². The molecule has 21 aromatic carbocycles. The maximum atomic E-state index is 2.75. The van der Waals surface area contributed by atoms with Crippen LogP contribution in [-0.4, -0.2) is 13.4 Å². The van der Waals surface area contributed by atoms with Crippen molar-refractivity contribution in [3.05, 3.63) is 473 Å². The van der Waals surface area contributed by atoms with Crippen molar-refractivity contribution in [1.82, 2.24) is 0 Å². The predicted octanol–water partition coefficient (Wildman–Crippen LogP) is 32.9. The number of nitrogens with zero attached hydrogens (tertiary/aromatic N) is 6. The molecule has 0 aliphatic carbocycles. The van der Waals surface area contributed by atoms with Gasteiger partial charge in [-0.15, -0.1) is 45.3 Å². The first-order valence-corrected chi connectivity index (χ1v) is 50.5. The number of hydrogen-bond acceptors (Lipinski definition) is 10. The first-order chi connectivity index (χ1) is 68.5. The zero-order valence-corrected chi connectivity index (χ0v) is 77.8. The smallest absolute Gasteiger partial charge is 0.252 e. The second-order valence-electron chi connectivity index (χ2n) is 36.3. The average Bonchev–Trinajstić information content (AvgIpc) is 0.716. The zero-order valence-electron chi connectivity index (χ0n) is 74.5. The number of fused-ring (bicyclic) bond motifs is 20. The fourth-order valence-corrected chi connectivity index (χ4v) is 28.1. The summed E-state index contributed by atoms with van der Waals surface area (Å²) in [5, 5.41) is 9.85. The molecule has 25 aromatic rings. The molecule has 0 N–H and O–H groups in total. The molecule has 8 heterocycles. The molecule has 0 bridgehead atoms. The van der Waals surface area contributed by atoms with Crippen LogP contribution in [0.15, 0.2) is 473 Å². The van der Waals surface area contributed by atoms with E-state index in [9.17, 15) is 0 Å². The van der Waals surface area contributed by atoms with Gasteiger partial charge >= 0.3 is 0 Å². The van der Waals surface area contributed by atoms with Crippen LogP contribution in [0, 0.1) is 0 Å². The van der Waals surface area contributed by atoms with Gasteiger partial charge in [-0.3, -0.25) is 0 Å². The van der Waals surface area contributed by atoms with Crippen LogP contribution in [-0.2, 0) is 0 Å². The minimum absolute atomic E-state index is 0.366. The van der Waals surface area contributed by atoms with Crippen LogP contribution in [0.1, 0.15) is 0 Å². The lowest BCUT2D eigenvalue weighted by Gasteiger charge is -2.48. The summed E-state index contributed by atoms with van der Waals surface area (Å²) in [4.78, 5) is 16.1. The molecule has 0 amide bonds. The lowest BCUT2D eigenvalue weighted by molar-refractivity contribution is 1.22. The zero-order chi connectivity index (χ0) is 90.3. The fraction of sp³-hybridized carbons (Fsp3) is 0. The molecule has 0 spiro atoms. The molecule has 12 heteroatoms. The van der Waals surface area contributed by atoms with Gasteiger partial charge in [-0.1, -0.05) is 358 Å². The number of benzene rings is 21. The molecule has 0 radical (unpaired) electrons. The maximum absolute atomic E-state index is 2.75. The lowest BCUT2D eigenvalue weighted by atomic mass is 9.30. The molecule has 4 aromatic heterocycles. The van der Waals surface area contributed by atoms with Gasteiger partial charge in [-0.05, 0) is 170 Å². The van der Waals surface area contributed by atoms with Crippen LogP contribution in [0.2, 0.25) is 0 Å². The summed E-state index contributed by atoms with van der Waals surface area (Å²) >= 11 is 7.54. The van der Waals surface area contributed by atoms with E-state index in [0.717, 1.165) is 147 Å². The minimum Gasteiger partial charge on any atom is -0.310 e. The van der Waals surface area contributed by atoms with Crippen LogP contribution in [0.3, 0.4) is 0 Å². The quantitative estimate of drug-likeness (QED) is 0.100. The minimum atomic E-state index is -0.366. The van der Waals surface area contributed by atoms with Crippen LogP contribution >= 0.6 is 45.3 Å². The van der Waals surface area contributed by atoms with Crippen LogP contribution in [0.25, 0.3) is 125 Å². The molecule has 0 unspecified atom stereocenters. The van der Waals surface area contributed by atoms with Crippen LogP contribution in [0.4, 0.5) is 102 Å². The van der Waals surface area contributed by atoms with Gasteiger partial charge in [0.15, 0.2) is 0 Å². The standard InChI is InChI=1S/C126H78B2N6S4/c1-7-37-79(38-8-1)87-53-31-54-88(80-39-9-2-10-40-80)121(87)133-103-63-25-23-61-99(103)127-101-77-102-110(78-109(101)131(107-67-35-59-97-93-51-21-29-71-117(93)137-125(97)107)111-73-85(75-113(133)119(111)127)129(83-45-15-5-16-46-83)105-65-33-57-95-91-49-19-27-69-115(91)135-123(95)105)132(108-68-36-60-98-94-52-22-30-72-118(94)138-126(98)108)112-74-86(130(84-47-17-6-18-48-84)106-66-34-58-96-92-50-20-28-70-116(92)136-124(96)106)76-114-120(112)128(102)100-62-24-26-64-104(100)134(114)122-89(81-41-11-3-12-42-81)55-32-56-90(122)82-43-13-4-14-44-82/h1-78H. The molecule has 138 heavy (non-hydrogen) atoms. The third-order valence-corrected chi connectivity index (χ3v) is 33.8. The Morgan fingerprint density at radius 2 is 0.442 bits per heavy atom. The molecule has 0 atom stereocenters. The topological polar surface area (TPSA) is 19.4 Å². The summed E-state index contributed by atoms with van der Waals surface area (Å²) in [6.45, 7) is -0.731.